The van der Waals surface area contributed by atoms with Gasteiger partial charge in [0.25, 0.3) is 5.91 Å². The summed E-state index contributed by atoms with van der Waals surface area (Å²) in [5.74, 6) is -0.417. The summed E-state index contributed by atoms with van der Waals surface area (Å²) in [6.45, 7) is 8.50. The van der Waals surface area contributed by atoms with Crippen molar-refractivity contribution < 1.29 is 9.18 Å². The lowest BCUT2D eigenvalue weighted by Crippen LogP contribution is -2.18. The van der Waals surface area contributed by atoms with E-state index < -0.39 is 5.82 Å². The van der Waals surface area contributed by atoms with Crippen LogP contribution in [-0.2, 0) is 13.0 Å². The molecular weight excluding hydrogens is 448 g/mol. The molecule has 1 heterocycles. The molecule has 3 N–H and O–H groups in total. The third-order valence-electron chi connectivity index (χ3n) is 5.04. The van der Waals surface area contributed by atoms with Gasteiger partial charge in [0.2, 0.25) is 0 Å². The van der Waals surface area contributed by atoms with Gasteiger partial charge in [-0.3, -0.25) is 9.78 Å². The van der Waals surface area contributed by atoms with Crippen molar-refractivity contribution in [3.8, 4) is 11.1 Å². The van der Waals surface area contributed by atoms with Gasteiger partial charge in [-0.25, -0.2) is 4.39 Å². The Bertz CT molecular complexity index is 1070. The van der Waals surface area contributed by atoms with Gasteiger partial charge < -0.3 is 11.1 Å². The molecule has 0 radical (unpaired) electrons. The second-order valence-corrected chi connectivity index (χ2v) is 8.01. The van der Waals surface area contributed by atoms with E-state index >= 15 is 0 Å². The van der Waals surface area contributed by atoms with Crippen LogP contribution in [0.15, 0.2) is 48.5 Å². The van der Waals surface area contributed by atoms with Crippen LogP contribution >= 0.6 is 24.8 Å². The van der Waals surface area contributed by atoms with Crippen LogP contribution in [0.3, 0.4) is 0 Å². The molecule has 0 aliphatic heterocycles. The number of nitrogens with one attached hydrogen (secondary N) is 1. The molecule has 0 bridgehead atoms. The monoisotopic (exact) mass is 477 g/mol. The summed E-state index contributed by atoms with van der Waals surface area (Å²) in [6, 6.07) is 13.8. The highest BCUT2D eigenvalue weighted by molar-refractivity contribution is 6.07. The molecule has 3 rings (SSSR count). The van der Waals surface area contributed by atoms with E-state index in [0.29, 0.717) is 23.8 Å². The normalized spacial score (nSPS) is 10.3. The Kier molecular flexibility index (Phi) is 10.3. The van der Waals surface area contributed by atoms with E-state index in [9.17, 15) is 9.18 Å². The first-order valence-electron chi connectivity index (χ1n) is 10.2. The molecular formula is C25H30Cl2FN3O. The molecule has 0 spiro atoms. The number of halogens is 3. The van der Waals surface area contributed by atoms with E-state index in [-0.39, 0.29) is 36.3 Å². The first kappa shape index (κ1) is 27.6. The van der Waals surface area contributed by atoms with Gasteiger partial charge in [0, 0.05) is 23.4 Å². The van der Waals surface area contributed by atoms with E-state index in [1.54, 1.807) is 6.07 Å². The van der Waals surface area contributed by atoms with Gasteiger partial charge in [0.1, 0.15) is 5.82 Å². The predicted molar refractivity (Wildman–Crippen MR) is 134 cm³/mol. The first-order valence-corrected chi connectivity index (χ1v) is 10.2. The minimum atomic E-state index is -0.453. The minimum absolute atomic E-state index is 0. The minimum Gasteiger partial charge on any atom is -0.326 e. The van der Waals surface area contributed by atoms with Gasteiger partial charge in [0.05, 0.1) is 11.4 Å². The fourth-order valence-electron chi connectivity index (χ4n) is 3.58. The van der Waals surface area contributed by atoms with Gasteiger partial charge in [-0.15, -0.1) is 24.8 Å². The van der Waals surface area contributed by atoms with Crippen LogP contribution in [0.5, 0.6) is 0 Å². The van der Waals surface area contributed by atoms with Crippen molar-refractivity contribution in [1.82, 2.24) is 4.98 Å². The van der Waals surface area contributed by atoms with Crippen molar-refractivity contribution in [1.29, 1.82) is 0 Å². The number of aryl methyl sites for hydroxylation is 2. The summed E-state index contributed by atoms with van der Waals surface area (Å²) in [5.41, 5.74) is 12.6. The van der Waals surface area contributed by atoms with Gasteiger partial charge in [-0.1, -0.05) is 49.7 Å². The Morgan fingerprint density at radius 1 is 1.09 bits per heavy atom. The zero-order valence-electron chi connectivity index (χ0n) is 18.7. The predicted octanol–water partition coefficient (Wildman–Crippen LogP) is 6.26. The van der Waals surface area contributed by atoms with Gasteiger partial charge in [-0.2, -0.15) is 0 Å². The van der Waals surface area contributed by atoms with Gasteiger partial charge in [0.15, 0.2) is 0 Å². The molecule has 3 aromatic rings. The van der Waals surface area contributed by atoms with Crippen LogP contribution in [0.25, 0.3) is 11.1 Å². The lowest BCUT2D eigenvalue weighted by Gasteiger charge is -2.21. The van der Waals surface area contributed by atoms with E-state index in [2.05, 4.69) is 19.2 Å². The second kappa shape index (κ2) is 12.0. The van der Waals surface area contributed by atoms with Crippen molar-refractivity contribution >= 4 is 36.4 Å². The number of nitrogens with two attached hydrogens (primary N) is 1. The molecule has 172 valence electrons. The molecule has 0 atom stereocenters. The maximum Gasteiger partial charge on any atom is 0.255 e. The number of hydrogen-bond donors (Lipinski definition) is 2. The number of anilines is 1. The average molecular weight is 478 g/mol. The number of carbonyl (C=O) groups is 1. The maximum absolute atomic E-state index is 13.6. The van der Waals surface area contributed by atoms with Crippen LogP contribution in [0.4, 0.5) is 10.1 Å². The number of hydrogen-bond acceptors (Lipinski definition) is 3. The number of pyridine rings is 1. The smallest absolute Gasteiger partial charge is 0.255 e. The van der Waals surface area contributed by atoms with Crippen molar-refractivity contribution in [3.63, 3.8) is 0 Å². The van der Waals surface area contributed by atoms with Crippen molar-refractivity contribution in [2.24, 2.45) is 11.7 Å². The number of nitrogens with zero attached hydrogens (tertiary/aromatic N) is 1. The quantitative estimate of drug-likeness (QED) is 0.440. The summed E-state index contributed by atoms with van der Waals surface area (Å²) in [5, 5.41) is 2.97. The van der Waals surface area contributed by atoms with E-state index in [0.717, 1.165) is 34.4 Å². The Morgan fingerprint density at radius 3 is 2.31 bits per heavy atom. The highest BCUT2D eigenvalue weighted by atomic mass is 35.5. The summed E-state index contributed by atoms with van der Waals surface area (Å²) >= 11 is 0. The molecule has 0 fully saturated rings. The Morgan fingerprint density at radius 2 is 1.75 bits per heavy atom. The van der Waals surface area contributed by atoms with Crippen LogP contribution in [-0.4, -0.2) is 10.9 Å². The third-order valence-corrected chi connectivity index (χ3v) is 5.04. The third kappa shape index (κ3) is 6.28. The molecule has 0 aliphatic carbocycles. The summed E-state index contributed by atoms with van der Waals surface area (Å²) in [4.78, 5) is 17.7. The number of amides is 1. The maximum atomic E-state index is 13.6. The average Bonchev–Trinajstić information content (AvgIpc) is 2.70. The molecule has 0 aliphatic rings. The summed E-state index contributed by atoms with van der Waals surface area (Å²) in [6.07, 6.45) is 0.796. The van der Waals surface area contributed by atoms with Crippen molar-refractivity contribution in [3.05, 3.63) is 82.4 Å². The largest absolute Gasteiger partial charge is 0.326 e. The highest BCUT2D eigenvalue weighted by Crippen LogP contribution is 2.36. The molecule has 4 nitrogen and oxygen atoms in total. The number of benzene rings is 2. The van der Waals surface area contributed by atoms with Crippen LogP contribution in [0.1, 0.15) is 46.7 Å². The second-order valence-electron chi connectivity index (χ2n) is 8.01. The fourth-order valence-corrected chi connectivity index (χ4v) is 3.58. The zero-order valence-corrected chi connectivity index (χ0v) is 20.4. The SMILES string of the molecule is Cc1ccc(-c2c(CN)c(CC(C)C)nc(C)c2NC(=O)c2cccc(F)c2)cc1.Cl.Cl. The van der Waals surface area contributed by atoms with Crippen molar-refractivity contribution in [2.75, 3.05) is 5.32 Å². The van der Waals surface area contributed by atoms with Crippen LogP contribution < -0.4 is 11.1 Å². The molecule has 1 amide bonds. The van der Waals surface area contributed by atoms with Crippen LogP contribution in [0.2, 0.25) is 0 Å². The van der Waals surface area contributed by atoms with Crippen molar-refractivity contribution in [2.45, 2.75) is 40.7 Å². The molecule has 1 aromatic heterocycles. The van der Waals surface area contributed by atoms with Gasteiger partial charge in [-0.05, 0) is 55.5 Å². The lowest BCUT2D eigenvalue weighted by atomic mass is 9.92. The number of carbonyl (C=O) groups excluding carboxylic acids is 1. The molecule has 2 aromatic carbocycles. The standard InChI is InChI=1S/C25H28FN3O.2ClH/c1-15(2)12-22-21(14-27)23(18-10-8-16(3)9-11-18)24(17(4)28-22)29-25(30)19-6-5-7-20(26)13-19;;/h5-11,13,15H,12,14,27H2,1-4H3,(H,29,30);2*1H. The molecule has 0 unspecified atom stereocenters. The summed E-state index contributed by atoms with van der Waals surface area (Å²) < 4.78 is 13.6. The Labute approximate surface area is 201 Å². The molecule has 7 heteroatoms. The van der Waals surface area contributed by atoms with E-state index in [1.165, 1.54) is 18.2 Å². The first-order chi connectivity index (χ1) is 14.3. The van der Waals surface area contributed by atoms with E-state index in [1.807, 2.05) is 38.1 Å². The van der Waals surface area contributed by atoms with E-state index in [4.69, 9.17) is 10.7 Å². The molecule has 0 saturated carbocycles. The fraction of sp³-hybridized carbons (Fsp3) is 0.280. The number of aromatic nitrogens is 1. The molecule has 0 saturated heterocycles. The summed E-state index contributed by atoms with van der Waals surface area (Å²) in [7, 11) is 0. The van der Waals surface area contributed by atoms with Gasteiger partial charge >= 0.3 is 0 Å². The zero-order chi connectivity index (χ0) is 21.8. The lowest BCUT2D eigenvalue weighted by molar-refractivity contribution is 0.102. The topological polar surface area (TPSA) is 68.0 Å². The Hall–Kier alpha value is -2.47. The highest BCUT2D eigenvalue weighted by Gasteiger charge is 2.21. The molecule has 32 heavy (non-hydrogen) atoms. The van der Waals surface area contributed by atoms with Crippen LogP contribution in [0, 0.1) is 25.6 Å². The number of rotatable bonds is 6. The Balaban J connectivity index is 0.00000256.